The van der Waals surface area contributed by atoms with E-state index in [0.717, 1.165) is 10.7 Å². The molecule has 1 heterocycles. The highest BCUT2D eigenvalue weighted by Gasteiger charge is 2.30. The third kappa shape index (κ3) is 4.20. The number of benzene rings is 3. The van der Waals surface area contributed by atoms with Crippen LogP contribution in [-0.4, -0.2) is 33.9 Å². The van der Waals surface area contributed by atoms with E-state index in [-0.39, 0.29) is 24.7 Å². The standard InChI is InChI=1S/C26H23F2N3O3/c1-26(2,25(34)29-12-13-32)17-7-5-6-16(14-17)23-19-8-3-4-9-20(19)24(33)31(30-23)22-11-10-18(27)15-21(22)28/h3-11,14-15,32H,12-13H2,1-2H3,(H,29,34). The van der Waals surface area contributed by atoms with Gasteiger partial charge >= 0.3 is 0 Å². The number of aliphatic hydroxyl groups is 1. The van der Waals surface area contributed by atoms with Gasteiger partial charge in [-0.25, -0.2) is 8.78 Å². The first-order chi connectivity index (χ1) is 16.2. The second kappa shape index (κ2) is 9.15. The van der Waals surface area contributed by atoms with Crippen molar-refractivity contribution < 1.29 is 18.7 Å². The molecule has 3 aromatic carbocycles. The summed E-state index contributed by atoms with van der Waals surface area (Å²) >= 11 is 0. The molecule has 4 rings (SSSR count). The average Bonchev–Trinajstić information content (AvgIpc) is 2.83. The third-order valence-electron chi connectivity index (χ3n) is 5.77. The minimum absolute atomic E-state index is 0.141. The van der Waals surface area contributed by atoms with Crippen LogP contribution >= 0.6 is 0 Å². The molecule has 0 bridgehead atoms. The zero-order valence-corrected chi connectivity index (χ0v) is 18.7. The lowest BCUT2D eigenvalue weighted by atomic mass is 9.82. The summed E-state index contributed by atoms with van der Waals surface area (Å²) in [5.74, 6) is -1.93. The van der Waals surface area contributed by atoms with E-state index >= 15 is 0 Å². The highest BCUT2D eigenvalue weighted by Crippen LogP contribution is 2.31. The van der Waals surface area contributed by atoms with Crippen LogP contribution in [0.1, 0.15) is 19.4 Å². The Morgan fingerprint density at radius 1 is 1.03 bits per heavy atom. The summed E-state index contributed by atoms with van der Waals surface area (Å²) in [5.41, 5.74) is 0.0961. The van der Waals surface area contributed by atoms with Crippen LogP contribution in [0.25, 0.3) is 27.7 Å². The third-order valence-corrected chi connectivity index (χ3v) is 5.77. The Kier molecular flexibility index (Phi) is 6.26. The van der Waals surface area contributed by atoms with Gasteiger partial charge in [-0.3, -0.25) is 9.59 Å². The summed E-state index contributed by atoms with van der Waals surface area (Å²) < 4.78 is 29.0. The van der Waals surface area contributed by atoms with Crippen molar-refractivity contribution in [1.82, 2.24) is 15.1 Å². The van der Waals surface area contributed by atoms with Crippen LogP contribution in [0.15, 0.2) is 71.5 Å². The Hall–Kier alpha value is -3.91. The second-order valence-electron chi connectivity index (χ2n) is 8.39. The van der Waals surface area contributed by atoms with Gasteiger partial charge in [-0.15, -0.1) is 0 Å². The molecular weight excluding hydrogens is 440 g/mol. The lowest BCUT2D eigenvalue weighted by molar-refractivity contribution is -0.125. The molecular formula is C26H23F2N3O3. The van der Waals surface area contributed by atoms with Crippen LogP contribution in [0, 0.1) is 11.6 Å². The molecule has 34 heavy (non-hydrogen) atoms. The van der Waals surface area contributed by atoms with Crippen molar-refractivity contribution in [3.63, 3.8) is 0 Å². The van der Waals surface area contributed by atoms with Crippen molar-refractivity contribution in [3.8, 4) is 16.9 Å². The first-order valence-electron chi connectivity index (χ1n) is 10.7. The first-order valence-corrected chi connectivity index (χ1v) is 10.7. The molecule has 1 aromatic heterocycles. The van der Waals surface area contributed by atoms with Gasteiger partial charge in [0, 0.05) is 23.6 Å². The van der Waals surface area contributed by atoms with Gasteiger partial charge in [0.15, 0.2) is 5.82 Å². The van der Waals surface area contributed by atoms with E-state index in [1.54, 1.807) is 62.4 Å². The largest absolute Gasteiger partial charge is 0.395 e. The Morgan fingerprint density at radius 2 is 1.76 bits per heavy atom. The summed E-state index contributed by atoms with van der Waals surface area (Å²) in [7, 11) is 0. The van der Waals surface area contributed by atoms with Gasteiger partial charge < -0.3 is 10.4 Å². The number of carbonyl (C=O) groups is 1. The van der Waals surface area contributed by atoms with Crippen molar-refractivity contribution in [3.05, 3.63) is 94.3 Å². The van der Waals surface area contributed by atoms with Gasteiger partial charge in [0.05, 0.1) is 23.1 Å². The minimum Gasteiger partial charge on any atom is -0.395 e. The maximum atomic E-state index is 14.6. The smallest absolute Gasteiger partial charge is 0.279 e. The fourth-order valence-electron chi connectivity index (χ4n) is 3.80. The molecule has 174 valence electrons. The van der Waals surface area contributed by atoms with E-state index < -0.39 is 22.6 Å². The molecule has 1 amide bonds. The molecule has 8 heteroatoms. The number of nitrogens with one attached hydrogen (secondary N) is 1. The number of halogens is 2. The first kappa shape index (κ1) is 23.3. The lowest BCUT2D eigenvalue weighted by Gasteiger charge is -2.24. The Bertz CT molecular complexity index is 1450. The molecule has 0 radical (unpaired) electrons. The fourth-order valence-corrected chi connectivity index (χ4v) is 3.80. The zero-order chi connectivity index (χ0) is 24.5. The number of amides is 1. The second-order valence-corrected chi connectivity index (χ2v) is 8.39. The van der Waals surface area contributed by atoms with E-state index in [4.69, 9.17) is 5.11 Å². The predicted molar refractivity (Wildman–Crippen MR) is 126 cm³/mol. The molecule has 0 atom stereocenters. The number of aliphatic hydroxyl groups excluding tert-OH is 1. The Morgan fingerprint density at radius 3 is 2.47 bits per heavy atom. The van der Waals surface area contributed by atoms with Crippen LogP contribution < -0.4 is 10.9 Å². The average molecular weight is 463 g/mol. The maximum Gasteiger partial charge on any atom is 0.279 e. The van der Waals surface area contributed by atoms with E-state index in [2.05, 4.69) is 10.4 Å². The lowest BCUT2D eigenvalue weighted by Crippen LogP contribution is -2.41. The van der Waals surface area contributed by atoms with Crippen LogP contribution in [-0.2, 0) is 10.2 Å². The molecule has 6 nitrogen and oxygen atoms in total. The number of hydrogen-bond donors (Lipinski definition) is 2. The van der Waals surface area contributed by atoms with Crippen molar-refractivity contribution in [1.29, 1.82) is 0 Å². The van der Waals surface area contributed by atoms with Gasteiger partial charge in [0.25, 0.3) is 5.56 Å². The van der Waals surface area contributed by atoms with Gasteiger partial charge in [-0.05, 0) is 43.7 Å². The molecule has 0 aliphatic carbocycles. The molecule has 2 N–H and O–H groups in total. The molecule has 0 unspecified atom stereocenters. The van der Waals surface area contributed by atoms with E-state index in [1.807, 2.05) is 0 Å². The van der Waals surface area contributed by atoms with E-state index in [9.17, 15) is 18.4 Å². The molecule has 4 aromatic rings. The van der Waals surface area contributed by atoms with Crippen LogP contribution in [0.3, 0.4) is 0 Å². The highest BCUT2D eigenvalue weighted by molar-refractivity contribution is 5.94. The summed E-state index contributed by atoms with van der Waals surface area (Å²) in [6.07, 6.45) is 0. The van der Waals surface area contributed by atoms with Gasteiger partial charge in [-0.2, -0.15) is 9.78 Å². The SMILES string of the molecule is CC(C)(C(=O)NCCO)c1cccc(-c2nn(-c3ccc(F)cc3F)c(=O)c3ccccc23)c1. The van der Waals surface area contributed by atoms with Crippen LogP contribution in [0.2, 0.25) is 0 Å². The van der Waals surface area contributed by atoms with Gasteiger partial charge in [0.1, 0.15) is 11.5 Å². The summed E-state index contributed by atoms with van der Waals surface area (Å²) in [4.78, 5) is 25.8. The Labute approximate surface area is 194 Å². The number of nitrogens with zero attached hydrogens (tertiary/aromatic N) is 2. The van der Waals surface area contributed by atoms with Gasteiger partial charge in [-0.1, -0.05) is 36.4 Å². The quantitative estimate of drug-likeness (QED) is 0.457. The van der Waals surface area contributed by atoms with Gasteiger partial charge in [0.2, 0.25) is 5.91 Å². The number of fused-ring (bicyclic) bond motifs is 1. The van der Waals surface area contributed by atoms with E-state index in [1.165, 1.54) is 6.07 Å². The summed E-state index contributed by atoms with van der Waals surface area (Å²) in [5, 5.41) is 17.0. The molecule has 0 saturated heterocycles. The predicted octanol–water partition coefficient (Wildman–Crippen LogP) is 3.72. The maximum absolute atomic E-state index is 14.6. The Balaban J connectivity index is 1.92. The molecule has 0 aliphatic heterocycles. The normalized spacial score (nSPS) is 11.6. The zero-order valence-electron chi connectivity index (χ0n) is 18.7. The van der Waals surface area contributed by atoms with Crippen molar-refractivity contribution >= 4 is 16.7 Å². The van der Waals surface area contributed by atoms with Crippen molar-refractivity contribution in [2.45, 2.75) is 19.3 Å². The fraction of sp³-hybridized carbons (Fsp3) is 0.192. The number of carbonyl (C=O) groups excluding carboxylic acids is 1. The monoisotopic (exact) mass is 463 g/mol. The summed E-state index contributed by atoms with van der Waals surface area (Å²) in [6.45, 7) is 3.50. The molecule has 0 saturated carbocycles. The number of rotatable bonds is 6. The van der Waals surface area contributed by atoms with Crippen LogP contribution in [0.4, 0.5) is 8.78 Å². The number of aromatic nitrogens is 2. The van der Waals surface area contributed by atoms with Crippen molar-refractivity contribution in [2.75, 3.05) is 13.2 Å². The molecule has 0 aliphatic rings. The van der Waals surface area contributed by atoms with Crippen LogP contribution in [0.5, 0.6) is 0 Å². The topological polar surface area (TPSA) is 84.2 Å². The van der Waals surface area contributed by atoms with Crippen molar-refractivity contribution in [2.24, 2.45) is 0 Å². The molecule has 0 fully saturated rings. The summed E-state index contributed by atoms with van der Waals surface area (Å²) in [6, 6.07) is 16.9. The molecule has 0 spiro atoms. The number of hydrogen-bond acceptors (Lipinski definition) is 4. The van der Waals surface area contributed by atoms with E-state index in [0.29, 0.717) is 33.7 Å². The highest BCUT2D eigenvalue weighted by atomic mass is 19.1. The minimum atomic E-state index is -0.918.